The first-order chi connectivity index (χ1) is 9.56. The van der Waals surface area contributed by atoms with Crippen LogP contribution < -0.4 is 4.72 Å². The molecular weight excluding hydrogens is 304 g/mol. The molecule has 1 aromatic carbocycles. The molecule has 116 valence electrons. The molecule has 9 nitrogen and oxygen atoms in total. The zero-order valence-electron chi connectivity index (χ0n) is 11.2. The maximum atomic E-state index is 12.1. The molecular formula is C11H14N2O7S. The maximum Gasteiger partial charge on any atom is 0.324 e. The van der Waals surface area contributed by atoms with E-state index in [9.17, 15) is 28.4 Å². The van der Waals surface area contributed by atoms with Gasteiger partial charge in [-0.05, 0) is 25.5 Å². The van der Waals surface area contributed by atoms with Crippen LogP contribution in [-0.2, 0) is 14.8 Å². The molecule has 0 saturated heterocycles. The van der Waals surface area contributed by atoms with E-state index in [2.05, 4.69) is 0 Å². The van der Waals surface area contributed by atoms with E-state index in [1.54, 1.807) is 0 Å². The average Bonchev–Trinajstić information content (AvgIpc) is 2.34. The summed E-state index contributed by atoms with van der Waals surface area (Å²) in [5, 5.41) is 28.7. The lowest BCUT2D eigenvalue weighted by Gasteiger charge is -2.17. The summed E-state index contributed by atoms with van der Waals surface area (Å²) in [6, 6.07) is 1.35. The first-order valence-electron chi connectivity index (χ1n) is 5.74. The van der Waals surface area contributed by atoms with E-state index in [0.717, 1.165) is 25.1 Å². The fourth-order valence-corrected chi connectivity index (χ4v) is 3.12. The van der Waals surface area contributed by atoms with E-state index >= 15 is 0 Å². The third kappa shape index (κ3) is 3.97. The molecule has 0 aliphatic rings. The zero-order valence-corrected chi connectivity index (χ0v) is 12.0. The van der Waals surface area contributed by atoms with Crippen molar-refractivity contribution < 1.29 is 28.3 Å². The highest BCUT2D eigenvalue weighted by Gasteiger charge is 2.30. The van der Waals surface area contributed by atoms with Gasteiger partial charge in [-0.1, -0.05) is 0 Å². The molecule has 0 bridgehead atoms. The fourth-order valence-electron chi connectivity index (χ4n) is 1.63. The molecule has 0 unspecified atom stereocenters. The number of hydrogen-bond acceptors (Lipinski definition) is 6. The largest absolute Gasteiger partial charge is 0.480 e. The highest BCUT2D eigenvalue weighted by Crippen LogP contribution is 2.21. The smallest absolute Gasteiger partial charge is 0.324 e. The number of nitrogens with one attached hydrogen (secondary N) is 1. The van der Waals surface area contributed by atoms with Crippen LogP contribution >= 0.6 is 0 Å². The summed E-state index contributed by atoms with van der Waals surface area (Å²) in [6.07, 6.45) is -1.45. The molecule has 0 amide bonds. The molecule has 0 saturated carbocycles. The number of hydrogen-bond donors (Lipinski definition) is 3. The number of carboxylic acid groups (broad SMARTS) is 1. The predicted molar refractivity (Wildman–Crippen MR) is 71.3 cm³/mol. The number of aliphatic hydroxyl groups is 1. The Labute approximate surface area is 120 Å². The average molecular weight is 318 g/mol. The van der Waals surface area contributed by atoms with Crippen LogP contribution in [0.1, 0.15) is 12.5 Å². The Morgan fingerprint density at radius 1 is 1.43 bits per heavy atom. The van der Waals surface area contributed by atoms with Crippen molar-refractivity contribution in [3.63, 3.8) is 0 Å². The molecule has 1 aromatic rings. The van der Waals surface area contributed by atoms with Crippen molar-refractivity contribution in [2.75, 3.05) is 0 Å². The van der Waals surface area contributed by atoms with Gasteiger partial charge in [-0.25, -0.2) is 8.42 Å². The minimum absolute atomic E-state index is 0.0893. The number of benzene rings is 1. The lowest BCUT2D eigenvalue weighted by Crippen LogP contribution is -2.47. The summed E-state index contributed by atoms with van der Waals surface area (Å²) in [7, 11) is -4.24. The molecule has 2 atom stereocenters. The van der Waals surface area contributed by atoms with Crippen LogP contribution in [0.15, 0.2) is 23.1 Å². The number of aliphatic carboxylic acids is 1. The normalized spacial score (nSPS) is 14.4. The predicted octanol–water partition coefficient (Wildman–Crippen LogP) is 0.0155. The summed E-state index contributed by atoms with van der Waals surface area (Å²) in [4.78, 5) is 20.5. The summed E-state index contributed by atoms with van der Waals surface area (Å²) >= 11 is 0. The van der Waals surface area contributed by atoms with E-state index in [4.69, 9.17) is 5.11 Å². The Bertz CT molecular complexity index is 669. The summed E-state index contributed by atoms with van der Waals surface area (Å²) in [6.45, 7) is 2.48. The van der Waals surface area contributed by atoms with Crippen molar-refractivity contribution >= 4 is 21.7 Å². The van der Waals surface area contributed by atoms with Crippen molar-refractivity contribution in [3.8, 4) is 0 Å². The van der Waals surface area contributed by atoms with E-state index in [1.807, 2.05) is 4.72 Å². The van der Waals surface area contributed by atoms with Crippen LogP contribution in [0, 0.1) is 17.0 Å². The van der Waals surface area contributed by atoms with Crippen molar-refractivity contribution in [3.05, 3.63) is 33.9 Å². The van der Waals surface area contributed by atoms with E-state index in [-0.39, 0.29) is 16.1 Å². The number of nitro benzene ring substituents is 1. The molecule has 10 heteroatoms. The standard InChI is InChI=1S/C11H14N2O7S/c1-6-5-8(13(17)18)3-4-9(6)21(19,20)12-10(7(2)14)11(15)16/h3-5,7,10,12,14H,1-2H3,(H,15,16)/t7-,10+/m1/s1. The van der Waals surface area contributed by atoms with Crippen LogP contribution in [-0.4, -0.2) is 41.7 Å². The molecule has 3 N–H and O–H groups in total. The van der Waals surface area contributed by atoms with Gasteiger partial charge in [-0.3, -0.25) is 14.9 Å². The molecule has 21 heavy (non-hydrogen) atoms. The second-order valence-electron chi connectivity index (χ2n) is 4.38. The molecule has 0 fully saturated rings. The van der Waals surface area contributed by atoms with Gasteiger partial charge >= 0.3 is 5.97 Å². The Kier molecular flexibility index (Phi) is 4.99. The van der Waals surface area contributed by atoms with Gasteiger partial charge in [0.2, 0.25) is 10.0 Å². The minimum atomic E-state index is -4.24. The lowest BCUT2D eigenvalue weighted by atomic mass is 10.2. The molecule has 0 heterocycles. The van der Waals surface area contributed by atoms with Gasteiger partial charge < -0.3 is 10.2 Å². The quantitative estimate of drug-likeness (QED) is 0.494. The van der Waals surface area contributed by atoms with Gasteiger partial charge in [-0.15, -0.1) is 0 Å². The SMILES string of the molecule is Cc1cc([N+](=O)[O-])ccc1S(=O)(=O)N[C@H](C(=O)O)[C@@H](C)O. The Hall–Kier alpha value is -2.04. The number of carbonyl (C=O) groups is 1. The number of nitrogens with zero attached hydrogens (tertiary/aromatic N) is 1. The molecule has 0 aliphatic heterocycles. The number of sulfonamides is 1. The lowest BCUT2D eigenvalue weighted by molar-refractivity contribution is -0.385. The summed E-state index contributed by atoms with van der Waals surface area (Å²) < 4.78 is 26.0. The molecule has 0 radical (unpaired) electrons. The van der Waals surface area contributed by atoms with Gasteiger partial charge in [0.25, 0.3) is 5.69 Å². The first kappa shape index (κ1) is 17.0. The van der Waals surface area contributed by atoms with Crippen LogP contribution in [0.25, 0.3) is 0 Å². The Morgan fingerprint density at radius 2 is 2.00 bits per heavy atom. The number of rotatable bonds is 6. The van der Waals surface area contributed by atoms with Crippen LogP contribution in [0.4, 0.5) is 5.69 Å². The van der Waals surface area contributed by atoms with Gasteiger partial charge in [0.15, 0.2) is 0 Å². The van der Waals surface area contributed by atoms with Gasteiger partial charge in [0.1, 0.15) is 6.04 Å². The molecule has 0 spiro atoms. The summed E-state index contributed by atoms with van der Waals surface area (Å²) in [5.41, 5.74) is -0.191. The van der Waals surface area contributed by atoms with Gasteiger partial charge in [0, 0.05) is 12.1 Å². The topological polar surface area (TPSA) is 147 Å². The molecule has 1 rings (SSSR count). The third-order valence-electron chi connectivity index (χ3n) is 2.69. The number of non-ortho nitro benzene ring substituents is 1. The van der Waals surface area contributed by atoms with Crippen LogP contribution in [0.3, 0.4) is 0 Å². The second kappa shape index (κ2) is 6.16. The highest BCUT2D eigenvalue weighted by molar-refractivity contribution is 7.89. The van der Waals surface area contributed by atoms with Crippen molar-refractivity contribution in [1.82, 2.24) is 4.72 Å². The van der Waals surface area contributed by atoms with Crippen LogP contribution in [0.2, 0.25) is 0 Å². The fraction of sp³-hybridized carbons (Fsp3) is 0.364. The number of aliphatic hydroxyl groups excluding tert-OH is 1. The monoisotopic (exact) mass is 318 g/mol. The molecule has 0 aliphatic carbocycles. The van der Waals surface area contributed by atoms with E-state index in [1.165, 1.54) is 6.92 Å². The van der Waals surface area contributed by atoms with Gasteiger partial charge in [0.05, 0.1) is 15.9 Å². The third-order valence-corrected chi connectivity index (χ3v) is 4.29. The second-order valence-corrected chi connectivity index (χ2v) is 6.07. The summed E-state index contributed by atoms with van der Waals surface area (Å²) in [5.74, 6) is -1.53. The minimum Gasteiger partial charge on any atom is -0.480 e. The number of nitro groups is 1. The Morgan fingerprint density at radius 3 is 2.38 bits per heavy atom. The zero-order chi connectivity index (χ0) is 16.4. The van der Waals surface area contributed by atoms with E-state index in [0.29, 0.717) is 0 Å². The van der Waals surface area contributed by atoms with Crippen LogP contribution in [0.5, 0.6) is 0 Å². The number of carboxylic acids is 1. The van der Waals surface area contributed by atoms with Crippen molar-refractivity contribution in [1.29, 1.82) is 0 Å². The first-order valence-corrected chi connectivity index (χ1v) is 7.23. The maximum absolute atomic E-state index is 12.1. The number of aryl methyl sites for hydroxylation is 1. The highest BCUT2D eigenvalue weighted by atomic mass is 32.2. The Balaban J connectivity index is 3.19. The van der Waals surface area contributed by atoms with Crippen molar-refractivity contribution in [2.45, 2.75) is 30.9 Å². The van der Waals surface area contributed by atoms with Gasteiger partial charge in [-0.2, -0.15) is 4.72 Å². The van der Waals surface area contributed by atoms with Crippen molar-refractivity contribution in [2.24, 2.45) is 0 Å². The van der Waals surface area contributed by atoms with E-state index < -0.39 is 33.1 Å². The molecule has 0 aromatic heterocycles.